The van der Waals surface area contributed by atoms with Gasteiger partial charge in [-0.05, 0) is 43.7 Å². The maximum Gasteiger partial charge on any atom is 0.250 e. The average Bonchev–Trinajstić information content (AvgIpc) is 2.50. The summed E-state index contributed by atoms with van der Waals surface area (Å²) in [6.07, 6.45) is 3.08. The molecule has 3 N–H and O–H groups in total. The molecule has 1 aromatic carbocycles. The van der Waals surface area contributed by atoms with Gasteiger partial charge in [0.1, 0.15) is 6.61 Å². The predicted octanol–water partition coefficient (Wildman–Crippen LogP) is 1.35. The molecular weight excluding hydrogens is 270 g/mol. The first kappa shape index (κ1) is 15.5. The zero-order valence-corrected chi connectivity index (χ0v) is 12.1. The maximum atomic E-state index is 12.1. The SMILES string of the molecule is COCC(=O)Nc1ccc(NC(=O)C2CCCCN2)cc1. The quantitative estimate of drug-likeness (QED) is 0.765. The largest absolute Gasteiger partial charge is 0.375 e. The van der Waals surface area contributed by atoms with Crippen molar-refractivity contribution in [2.75, 3.05) is 30.9 Å². The predicted molar refractivity (Wildman–Crippen MR) is 81.2 cm³/mol. The summed E-state index contributed by atoms with van der Waals surface area (Å²) in [4.78, 5) is 23.4. The van der Waals surface area contributed by atoms with Gasteiger partial charge in [-0.3, -0.25) is 9.59 Å². The molecule has 114 valence electrons. The third-order valence-corrected chi connectivity index (χ3v) is 3.34. The maximum absolute atomic E-state index is 12.1. The Balaban J connectivity index is 1.86. The Morgan fingerprint density at radius 3 is 2.43 bits per heavy atom. The van der Waals surface area contributed by atoms with Crippen LogP contribution in [-0.2, 0) is 14.3 Å². The van der Waals surface area contributed by atoms with Crippen molar-refractivity contribution in [3.8, 4) is 0 Å². The molecule has 1 aliphatic rings. The number of carbonyl (C=O) groups excluding carboxylic acids is 2. The fourth-order valence-corrected chi connectivity index (χ4v) is 2.27. The molecular formula is C15H21N3O3. The zero-order chi connectivity index (χ0) is 15.1. The lowest BCUT2D eigenvalue weighted by Crippen LogP contribution is -2.43. The van der Waals surface area contributed by atoms with Gasteiger partial charge in [-0.25, -0.2) is 0 Å². The molecule has 6 nitrogen and oxygen atoms in total. The Morgan fingerprint density at radius 1 is 1.19 bits per heavy atom. The standard InChI is InChI=1S/C15H21N3O3/c1-21-10-14(19)17-11-5-7-12(8-6-11)18-15(20)13-4-2-3-9-16-13/h5-8,13,16H,2-4,9-10H2,1H3,(H,17,19)(H,18,20). The van der Waals surface area contributed by atoms with Crippen LogP contribution in [0.1, 0.15) is 19.3 Å². The monoisotopic (exact) mass is 291 g/mol. The van der Waals surface area contributed by atoms with Gasteiger partial charge in [-0.15, -0.1) is 0 Å². The molecule has 1 heterocycles. The van der Waals surface area contributed by atoms with E-state index in [-0.39, 0.29) is 24.5 Å². The second-order valence-electron chi connectivity index (χ2n) is 5.05. The Kier molecular flexibility index (Phi) is 5.71. The Bertz CT molecular complexity index is 481. The number of rotatable bonds is 5. The summed E-state index contributed by atoms with van der Waals surface area (Å²) in [5, 5.41) is 8.78. The van der Waals surface area contributed by atoms with Crippen LogP contribution in [0.2, 0.25) is 0 Å². The Hall–Kier alpha value is -1.92. The van der Waals surface area contributed by atoms with Gasteiger partial charge in [0, 0.05) is 18.5 Å². The summed E-state index contributed by atoms with van der Waals surface area (Å²) in [5.74, 6) is -0.216. The molecule has 1 saturated heterocycles. The van der Waals surface area contributed by atoms with E-state index >= 15 is 0 Å². The molecule has 0 spiro atoms. The molecule has 2 amide bonds. The third-order valence-electron chi connectivity index (χ3n) is 3.34. The molecule has 2 rings (SSSR count). The van der Waals surface area contributed by atoms with Crippen LogP contribution in [0.25, 0.3) is 0 Å². The van der Waals surface area contributed by atoms with E-state index in [1.165, 1.54) is 7.11 Å². The lowest BCUT2D eigenvalue weighted by atomic mass is 10.0. The summed E-state index contributed by atoms with van der Waals surface area (Å²) < 4.78 is 4.74. The topological polar surface area (TPSA) is 79.5 Å². The fourth-order valence-electron chi connectivity index (χ4n) is 2.27. The van der Waals surface area contributed by atoms with E-state index in [0.29, 0.717) is 5.69 Å². The van der Waals surface area contributed by atoms with Crippen LogP contribution in [0.4, 0.5) is 11.4 Å². The number of piperidine rings is 1. The van der Waals surface area contributed by atoms with Gasteiger partial charge < -0.3 is 20.7 Å². The van der Waals surface area contributed by atoms with Gasteiger partial charge >= 0.3 is 0 Å². The Morgan fingerprint density at radius 2 is 1.86 bits per heavy atom. The first-order valence-electron chi connectivity index (χ1n) is 7.12. The summed E-state index contributed by atoms with van der Waals surface area (Å²) in [6.45, 7) is 0.911. The molecule has 1 aromatic rings. The van der Waals surface area contributed by atoms with E-state index in [9.17, 15) is 9.59 Å². The van der Waals surface area contributed by atoms with Crippen molar-refractivity contribution in [1.82, 2.24) is 5.32 Å². The summed E-state index contributed by atoms with van der Waals surface area (Å²) in [6, 6.07) is 6.92. The number of benzene rings is 1. The molecule has 1 fully saturated rings. The fraction of sp³-hybridized carbons (Fsp3) is 0.467. The number of carbonyl (C=O) groups is 2. The van der Waals surface area contributed by atoms with Crippen molar-refractivity contribution in [2.24, 2.45) is 0 Å². The van der Waals surface area contributed by atoms with Crippen LogP contribution in [-0.4, -0.2) is 38.1 Å². The smallest absolute Gasteiger partial charge is 0.250 e. The van der Waals surface area contributed by atoms with Crippen molar-refractivity contribution in [3.63, 3.8) is 0 Å². The zero-order valence-electron chi connectivity index (χ0n) is 12.1. The molecule has 1 aliphatic heterocycles. The van der Waals surface area contributed by atoms with Crippen molar-refractivity contribution in [3.05, 3.63) is 24.3 Å². The second kappa shape index (κ2) is 7.75. The number of hydrogen-bond acceptors (Lipinski definition) is 4. The third kappa shape index (κ3) is 4.84. The van der Waals surface area contributed by atoms with Crippen molar-refractivity contribution in [1.29, 1.82) is 0 Å². The van der Waals surface area contributed by atoms with Crippen LogP contribution >= 0.6 is 0 Å². The van der Waals surface area contributed by atoms with Crippen LogP contribution < -0.4 is 16.0 Å². The summed E-state index contributed by atoms with van der Waals surface area (Å²) in [5.41, 5.74) is 1.39. The normalized spacial score (nSPS) is 18.0. The average molecular weight is 291 g/mol. The van der Waals surface area contributed by atoms with Gasteiger partial charge in [0.25, 0.3) is 0 Å². The molecule has 6 heteroatoms. The first-order valence-corrected chi connectivity index (χ1v) is 7.12. The van der Waals surface area contributed by atoms with Gasteiger partial charge in [0.2, 0.25) is 11.8 Å². The van der Waals surface area contributed by atoms with Gasteiger partial charge in [0.05, 0.1) is 6.04 Å². The molecule has 21 heavy (non-hydrogen) atoms. The van der Waals surface area contributed by atoms with Crippen LogP contribution in [0.5, 0.6) is 0 Å². The highest BCUT2D eigenvalue weighted by Gasteiger charge is 2.20. The highest BCUT2D eigenvalue weighted by molar-refractivity contribution is 5.95. The number of ether oxygens (including phenoxy) is 1. The highest BCUT2D eigenvalue weighted by Crippen LogP contribution is 2.15. The van der Waals surface area contributed by atoms with Gasteiger partial charge in [0.15, 0.2) is 0 Å². The van der Waals surface area contributed by atoms with E-state index in [0.717, 1.165) is 31.5 Å². The van der Waals surface area contributed by atoms with Crippen LogP contribution in [0.15, 0.2) is 24.3 Å². The Labute approximate surface area is 124 Å². The molecule has 0 aromatic heterocycles. The van der Waals surface area contributed by atoms with E-state index in [1.807, 2.05) is 0 Å². The van der Waals surface area contributed by atoms with Crippen LogP contribution in [0, 0.1) is 0 Å². The summed E-state index contributed by atoms with van der Waals surface area (Å²) in [7, 11) is 1.47. The molecule has 0 saturated carbocycles. The van der Waals surface area contributed by atoms with Gasteiger partial charge in [-0.1, -0.05) is 6.42 Å². The lowest BCUT2D eigenvalue weighted by molar-refractivity contribution is -0.120. The van der Waals surface area contributed by atoms with E-state index in [2.05, 4.69) is 16.0 Å². The van der Waals surface area contributed by atoms with E-state index < -0.39 is 0 Å². The number of methoxy groups -OCH3 is 1. The molecule has 1 unspecified atom stereocenters. The number of anilines is 2. The number of hydrogen-bond donors (Lipinski definition) is 3. The minimum absolute atomic E-state index is 0.00846. The lowest BCUT2D eigenvalue weighted by Gasteiger charge is -2.22. The second-order valence-corrected chi connectivity index (χ2v) is 5.05. The van der Waals surface area contributed by atoms with Gasteiger partial charge in [-0.2, -0.15) is 0 Å². The van der Waals surface area contributed by atoms with Crippen molar-refractivity contribution < 1.29 is 14.3 Å². The first-order chi connectivity index (χ1) is 10.2. The highest BCUT2D eigenvalue weighted by atomic mass is 16.5. The van der Waals surface area contributed by atoms with E-state index in [4.69, 9.17) is 4.74 Å². The number of amides is 2. The number of nitrogens with one attached hydrogen (secondary N) is 3. The van der Waals surface area contributed by atoms with Crippen LogP contribution in [0.3, 0.4) is 0 Å². The minimum atomic E-state index is -0.208. The molecule has 0 radical (unpaired) electrons. The minimum Gasteiger partial charge on any atom is -0.375 e. The molecule has 0 aliphatic carbocycles. The van der Waals surface area contributed by atoms with Crippen molar-refractivity contribution in [2.45, 2.75) is 25.3 Å². The van der Waals surface area contributed by atoms with E-state index in [1.54, 1.807) is 24.3 Å². The molecule has 1 atom stereocenters. The molecule has 0 bridgehead atoms. The van der Waals surface area contributed by atoms with Crippen molar-refractivity contribution >= 4 is 23.2 Å². The summed E-state index contributed by atoms with van der Waals surface area (Å²) >= 11 is 0.